The standard InChI is InChI=1S/C21H27N3O2/c1-12(2)11-16-19-18(15-10-8-7-9-13(15)3)17(21(25)26-6)14(4)22-20(19)24(5)23-16/h7-10,12,18,22H,11H2,1-6H3. The summed E-state index contributed by atoms with van der Waals surface area (Å²) in [5.74, 6) is 0.953. The molecule has 1 aliphatic heterocycles. The van der Waals surface area contributed by atoms with Gasteiger partial charge in [0.25, 0.3) is 0 Å². The summed E-state index contributed by atoms with van der Waals surface area (Å²) in [5, 5.41) is 8.15. The molecule has 0 fully saturated rings. The number of hydrogen-bond acceptors (Lipinski definition) is 4. The molecule has 1 N–H and O–H groups in total. The predicted molar refractivity (Wildman–Crippen MR) is 103 cm³/mol. The second-order valence-corrected chi connectivity index (χ2v) is 7.38. The van der Waals surface area contributed by atoms with Gasteiger partial charge in [0.05, 0.1) is 18.4 Å². The molecule has 0 saturated heterocycles. The van der Waals surface area contributed by atoms with Gasteiger partial charge in [-0.2, -0.15) is 5.10 Å². The lowest BCUT2D eigenvalue weighted by atomic mass is 9.79. The maximum atomic E-state index is 12.7. The zero-order chi connectivity index (χ0) is 19.0. The van der Waals surface area contributed by atoms with Crippen molar-refractivity contribution in [2.24, 2.45) is 13.0 Å². The van der Waals surface area contributed by atoms with Crippen LogP contribution in [-0.4, -0.2) is 22.9 Å². The largest absolute Gasteiger partial charge is 0.466 e. The number of anilines is 1. The Balaban J connectivity index is 2.29. The number of nitrogens with zero attached hydrogens (tertiary/aromatic N) is 2. The molecule has 5 nitrogen and oxygen atoms in total. The normalized spacial score (nSPS) is 16.5. The Bertz CT molecular complexity index is 877. The summed E-state index contributed by atoms with van der Waals surface area (Å²) in [5.41, 5.74) is 5.87. The number of rotatable bonds is 4. The van der Waals surface area contributed by atoms with Crippen molar-refractivity contribution in [1.82, 2.24) is 9.78 Å². The van der Waals surface area contributed by atoms with E-state index in [-0.39, 0.29) is 11.9 Å². The van der Waals surface area contributed by atoms with E-state index in [0.29, 0.717) is 11.5 Å². The van der Waals surface area contributed by atoms with Gasteiger partial charge in [-0.15, -0.1) is 0 Å². The number of benzene rings is 1. The molecule has 26 heavy (non-hydrogen) atoms. The second kappa shape index (κ2) is 6.98. The third-order valence-corrected chi connectivity index (χ3v) is 4.95. The minimum atomic E-state index is -0.298. The Morgan fingerprint density at radius 3 is 2.62 bits per heavy atom. The van der Waals surface area contributed by atoms with Crippen molar-refractivity contribution >= 4 is 11.8 Å². The molecule has 1 aliphatic rings. The zero-order valence-electron chi connectivity index (χ0n) is 16.4. The van der Waals surface area contributed by atoms with Crippen LogP contribution in [0.3, 0.4) is 0 Å². The first-order valence-electron chi connectivity index (χ1n) is 9.02. The monoisotopic (exact) mass is 353 g/mol. The first kappa shape index (κ1) is 18.2. The average molecular weight is 353 g/mol. The molecule has 0 radical (unpaired) electrons. The number of fused-ring (bicyclic) bond motifs is 1. The van der Waals surface area contributed by atoms with E-state index in [1.165, 1.54) is 7.11 Å². The van der Waals surface area contributed by atoms with Gasteiger partial charge in [-0.05, 0) is 37.3 Å². The molecule has 2 heterocycles. The van der Waals surface area contributed by atoms with Gasteiger partial charge in [0, 0.05) is 24.2 Å². The third kappa shape index (κ3) is 3.02. The third-order valence-electron chi connectivity index (χ3n) is 4.95. The minimum Gasteiger partial charge on any atom is -0.466 e. The lowest BCUT2D eigenvalue weighted by Crippen LogP contribution is -2.25. The highest BCUT2D eigenvalue weighted by atomic mass is 16.5. The quantitative estimate of drug-likeness (QED) is 0.846. The number of aromatic nitrogens is 2. The van der Waals surface area contributed by atoms with E-state index in [2.05, 4.69) is 38.2 Å². The second-order valence-electron chi connectivity index (χ2n) is 7.38. The molecular weight excluding hydrogens is 326 g/mol. The number of esters is 1. The van der Waals surface area contributed by atoms with Gasteiger partial charge in [-0.3, -0.25) is 4.68 Å². The fraction of sp³-hybridized carbons (Fsp3) is 0.429. The maximum Gasteiger partial charge on any atom is 0.336 e. The van der Waals surface area contributed by atoms with E-state index < -0.39 is 0 Å². The van der Waals surface area contributed by atoms with Gasteiger partial charge in [0.15, 0.2) is 0 Å². The van der Waals surface area contributed by atoms with Crippen molar-refractivity contribution in [3.05, 3.63) is 57.9 Å². The van der Waals surface area contributed by atoms with Gasteiger partial charge >= 0.3 is 5.97 Å². The molecule has 3 rings (SSSR count). The number of ether oxygens (including phenoxy) is 1. The Hall–Kier alpha value is -2.56. The molecule has 1 aromatic heterocycles. The Morgan fingerprint density at radius 2 is 2.00 bits per heavy atom. The van der Waals surface area contributed by atoms with Crippen LogP contribution in [-0.2, 0) is 23.0 Å². The Kier molecular flexibility index (Phi) is 4.90. The summed E-state index contributed by atoms with van der Waals surface area (Å²) in [6.45, 7) is 8.38. The zero-order valence-corrected chi connectivity index (χ0v) is 16.4. The number of methoxy groups -OCH3 is 1. The number of aryl methyl sites for hydroxylation is 2. The van der Waals surface area contributed by atoms with Crippen LogP contribution in [0.5, 0.6) is 0 Å². The van der Waals surface area contributed by atoms with Crippen LogP contribution < -0.4 is 5.32 Å². The lowest BCUT2D eigenvalue weighted by molar-refractivity contribution is -0.136. The number of carbonyl (C=O) groups is 1. The van der Waals surface area contributed by atoms with Crippen LogP contribution in [0.4, 0.5) is 5.82 Å². The molecule has 138 valence electrons. The van der Waals surface area contributed by atoms with E-state index in [4.69, 9.17) is 9.84 Å². The van der Waals surface area contributed by atoms with Crippen molar-refractivity contribution < 1.29 is 9.53 Å². The maximum absolute atomic E-state index is 12.7. The van der Waals surface area contributed by atoms with E-state index in [0.717, 1.165) is 40.3 Å². The Labute approximate surface area is 155 Å². The van der Waals surface area contributed by atoms with Gasteiger partial charge in [0.1, 0.15) is 5.82 Å². The topological polar surface area (TPSA) is 56.1 Å². The van der Waals surface area contributed by atoms with E-state index in [1.807, 2.05) is 30.8 Å². The van der Waals surface area contributed by atoms with E-state index >= 15 is 0 Å². The summed E-state index contributed by atoms with van der Waals surface area (Å²) in [6.07, 6.45) is 0.862. The summed E-state index contributed by atoms with van der Waals surface area (Å²) in [4.78, 5) is 12.7. The average Bonchev–Trinajstić information content (AvgIpc) is 2.88. The summed E-state index contributed by atoms with van der Waals surface area (Å²) in [6, 6.07) is 8.22. The number of allylic oxidation sites excluding steroid dienone is 1. The molecule has 0 saturated carbocycles. The highest BCUT2D eigenvalue weighted by molar-refractivity contribution is 5.94. The minimum absolute atomic E-state index is 0.178. The summed E-state index contributed by atoms with van der Waals surface area (Å²) < 4.78 is 7.02. The summed E-state index contributed by atoms with van der Waals surface area (Å²) >= 11 is 0. The van der Waals surface area contributed by atoms with Gasteiger partial charge in [0.2, 0.25) is 0 Å². The SMILES string of the molecule is COC(=O)C1=C(C)Nc2c(c(CC(C)C)nn2C)C1c1ccccc1C. The highest BCUT2D eigenvalue weighted by Gasteiger charge is 2.37. The molecular formula is C21H27N3O2. The van der Waals surface area contributed by atoms with E-state index in [9.17, 15) is 4.79 Å². The van der Waals surface area contributed by atoms with Crippen LogP contribution in [0.15, 0.2) is 35.5 Å². The first-order chi connectivity index (χ1) is 12.3. The molecule has 0 aliphatic carbocycles. The number of nitrogens with one attached hydrogen (secondary N) is 1. The van der Waals surface area contributed by atoms with Crippen LogP contribution in [0.25, 0.3) is 0 Å². The fourth-order valence-corrected chi connectivity index (χ4v) is 3.79. The predicted octanol–water partition coefficient (Wildman–Crippen LogP) is 3.93. The van der Waals surface area contributed by atoms with Crippen LogP contribution in [0.1, 0.15) is 49.1 Å². The molecule has 1 aromatic carbocycles. The fourth-order valence-electron chi connectivity index (χ4n) is 3.79. The smallest absolute Gasteiger partial charge is 0.336 e. The highest BCUT2D eigenvalue weighted by Crippen LogP contribution is 2.45. The van der Waals surface area contributed by atoms with Crippen LogP contribution in [0, 0.1) is 12.8 Å². The van der Waals surface area contributed by atoms with Gasteiger partial charge in [-0.25, -0.2) is 4.79 Å². The van der Waals surface area contributed by atoms with Crippen molar-refractivity contribution in [2.45, 2.75) is 40.0 Å². The lowest BCUT2D eigenvalue weighted by Gasteiger charge is -2.29. The van der Waals surface area contributed by atoms with E-state index in [1.54, 1.807) is 0 Å². The van der Waals surface area contributed by atoms with Crippen molar-refractivity contribution in [3.8, 4) is 0 Å². The first-order valence-corrected chi connectivity index (χ1v) is 9.02. The molecule has 0 amide bonds. The van der Waals surface area contributed by atoms with Gasteiger partial charge < -0.3 is 10.1 Å². The van der Waals surface area contributed by atoms with Crippen molar-refractivity contribution in [3.63, 3.8) is 0 Å². The Morgan fingerprint density at radius 1 is 1.31 bits per heavy atom. The van der Waals surface area contributed by atoms with Crippen LogP contribution >= 0.6 is 0 Å². The molecule has 1 atom stereocenters. The molecule has 5 heteroatoms. The molecule has 1 unspecified atom stereocenters. The van der Waals surface area contributed by atoms with Crippen molar-refractivity contribution in [2.75, 3.05) is 12.4 Å². The number of carbonyl (C=O) groups excluding carboxylic acids is 1. The van der Waals surface area contributed by atoms with Crippen LogP contribution in [0.2, 0.25) is 0 Å². The molecule has 0 spiro atoms. The van der Waals surface area contributed by atoms with Crippen molar-refractivity contribution in [1.29, 1.82) is 0 Å². The molecule has 2 aromatic rings. The number of hydrogen-bond donors (Lipinski definition) is 1. The summed E-state index contributed by atoms with van der Waals surface area (Å²) in [7, 11) is 3.38. The van der Waals surface area contributed by atoms with Gasteiger partial charge in [-0.1, -0.05) is 38.1 Å². The molecule has 0 bridgehead atoms.